The molecule has 642 valence electrons. The van der Waals surface area contributed by atoms with Crippen LogP contribution >= 0.6 is 15.6 Å². The fraction of sp³-hybridized carbons (Fsp3) is 0.955. The summed E-state index contributed by atoms with van der Waals surface area (Å²) >= 11 is 0. The minimum atomic E-state index is -4.97. The van der Waals surface area contributed by atoms with Crippen LogP contribution in [0.1, 0.15) is 466 Å². The van der Waals surface area contributed by atoms with Crippen molar-refractivity contribution in [1.29, 1.82) is 0 Å². The highest BCUT2D eigenvalue weighted by atomic mass is 31.2. The van der Waals surface area contributed by atoms with Gasteiger partial charge in [0.05, 0.1) is 26.4 Å². The van der Waals surface area contributed by atoms with E-state index >= 15 is 0 Å². The van der Waals surface area contributed by atoms with E-state index in [1.807, 2.05) is 0 Å². The number of unbranched alkanes of at least 4 members (excludes halogenated alkanes) is 51. The molecule has 0 heterocycles. The SMILES string of the molecule is CCC(C)CCCCCCCCCCCCCCCCCCCCC(=O)O[C@H](COC(=O)CCCCCCCCC(C)C)COP(=O)(O)OC[C@H](O)COP(=O)(O)OC[C@@H](COC(=O)CCCCCCCCCCCCCCCC(C)C)OC(=O)CCCCCCCCCCCCCCCCCCCCC(C)C. The van der Waals surface area contributed by atoms with Crippen molar-refractivity contribution in [2.24, 2.45) is 23.7 Å². The van der Waals surface area contributed by atoms with Gasteiger partial charge in [-0.05, 0) is 49.4 Å². The van der Waals surface area contributed by atoms with Crippen molar-refractivity contribution in [3.05, 3.63) is 0 Å². The lowest BCUT2D eigenvalue weighted by Crippen LogP contribution is -2.30. The third-order valence-electron chi connectivity index (χ3n) is 21.2. The number of aliphatic hydroxyl groups is 1. The quantitative estimate of drug-likeness (QED) is 0.0222. The van der Waals surface area contributed by atoms with Gasteiger partial charge in [0.15, 0.2) is 12.2 Å². The molecule has 0 aromatic carbocycles. The number of ether oxygens (including phenoxy) is 4. The Morgan fingerprint density at radius 3 is 0.657 bits per heavy atom. The summed E-state index contributed by atoms with van der Waals surface area (Å²) in [4.78, 5) is 73.3. The molecule has 0 aliphatic heterocycles. The molecule has 0 aliphatic carbocycles. The summed E-state index contributed by atoms with van der Waals surface area (Å²) in [7, 11) is -9.93. The monoisotopic (exact) mass is 1580 g/mol. The molecule has 6 atom stereocenters. The number of phosphoric acid groups is 2. The molecule has 3 N–H and O–H groups in total. The number of carbonyl (C=O) groups excluding carboxylic acids is 4. The van der Waals surface area contributed by atoms with E-state index in [1.54, 1.807) is 0 Å². The second-order valence-corrected chi connectivity index (χ2v) is 36.6. The molecular formula is C89H174O17P2. The van der Waals surface area contributed by atoms with Crippen LogP contribution in [0.3, 0.4) is 0 Å². The van der Waals surface area contributed by atoms with E-state index in [2.05, 4.69) is 55.4 Å². The maximum absolute atomic E-state index is 13.2. The first-order chi connectivity index (χ1) is 52.1. The standard InChI is InChI=1S/C89H174O17P2/c1-9-82(8)68-60-52-43-37-31-25-19-15-11-13-17-21-27-34-40-46-56-64-72-89(94)106-85(76-100-87(92)70-62-54-48-47-51-59-67-81(6)7)78-104-108(97,98)102-74-83(90)73-101-107(95,96)103-77-84(75-99-86(91)69-61-53-44-38-32-28-22-24-30-36-42-50-58-66-80(4)5)105-88(93)71-63-55-45-39-33-26-20-16-12-10-14-18-23-29-35-41-49-57-65-79(2)3/h79-85,90H,9-78H2,1-8H3,(H,95,96)(H,97,98)/t82?,83-,84-,85-/m1/s1. The van der Waals surface area contributed by atoms with Crippen LogP contribution in [-0.4, -0.2) is 96.7 Å². The largest absolute Gasteiger partial charge is 0.472 e. The number of hydrogen-bond acceptors (Lipinski definition) is 15. The van der Waals surface area contributed by atoms with Crippen LogP contribution in [-0.2, 0) is 65.4 Å². The van der Waals surface area contributed by atoms with E-state index in [4.69, 9.17) is 37.0 Å². The lowest BCUT2D eigenvalue weighted by atomic mass is 9.99. The van der Waals surface area contributed by atoms with Gasteiger partial charge in [-0.3, -0.25) is 37.3 Å². The van der Waals surface area contributed by atoms with Gasteiger partial charge >= 0.3 is 39.5 Å². The molecule has 0 saturated heterocycles. The molecular weight excluding hydrogens is 1400 g/mol. The number of carbonyl (C=O) groups is 4. The summed E-state index contributed by atoms with van der Waals surface area (Å²) in [5.74, 6) is 1.05. The second kappa shape index (κ2) is 77.6. The summed E-state index contributed by atoms with van der Waals surface area (Å²) < 4.78 is 68.9. The second-order valence-electron chi connectivity index (χ2n) is 33.7. The van der Waals surface area contributed by atoms with E-state index in [0.29, 0.717) is 31.6 Å². The number of hydrogen-bond donors (Lipinski definition) is 3. The zero-order valence-corrected chi connectivity index (χ0v) is 73.3. The summed E-state index contributed by atoms with van der Waals surface area (Å²) in [6.45, 7) is 14.3. The van der Waals surface area contributed by atoms with Crippen molar-refractivity contribution in [2.45, 2.75) is 485 Å². The van der Waals surface area contributed by atoms with Crippen LogP contribution in [0.2, 0.25) is 0 Å². The Morgan fingerprint density at radius 2 is 0.444 bits per heavy atom. The van der Waals surface area contributed by atoms with Gasteiger partial charge < -0.3 is 33.8 Å². The van der Waals surface area contributed by atoms with Crippen LogP contribution in [0.5, 0.6) is 0 Å². The van der Waals surface area contributed by atoms with Crippen LogP contribution in [0, 0.1) is 23.7 Å². The minimum absolute atomic E-state index is 0.107. The third-order valence-corrected chi connectivity index (χ3v) is 23.1. The highest BCUT2D eigenvalue weighted by molar-refractivity contribution is 7.47. The van der Waals surface area contributed by atoms with Crippen LogP contribution in [0.15, 0.2) is 0 Å². The number of phosphoric ester groups is 2. The molecule has 0 saturated carbocycles. The Bertz CT molecular complexity index is 2100. The first-order valence-electron chi connectivity index (χ1n) is 45.7. The first kappa shape index (κ1) is 106. The molecule has 0 radical (unpaired) electrons. The number of aliphatic hydroxyl groups excluding tert-OH is 1. The van der Waals surface area contributed by atoms with Gasteiger partial charge in [0.2, 0.25) is 0 Å². The Morgan fingerprint density at radius 1 is 0.259 bits per heavy atom. The van der Waals surface area contributed by atoms with Gasteiger partial charge in [-0.25, -0.2) is 9.13 Å². The molecule has 0 spiro atoms. The van der Waals surface area contributed by atoms with Crippen LogP contribution in [0.4, 0.5) is 0 Å². The smallest absolute Gasteiger partial charge is 0.462 e. The van der Waals surface area contributed by atoms with Gasteiger partial charge in [-0.1, -0.05) is 415 Å². The van der Waals surface area contributed by atoms with E-state index in [0.717, 1.165) is 114 Å². The van der Waals surface area contributed by atoms with Gasteiger partial charge in [0.25, 0.3) is 0 Å². The Kier molecular flexibility index (Phi) is 76.2. The lowest BCUT2D eigenvalue weighted by molar-refractivity contribution is -0.161. The van der Waals surface area contributed by atoms with Crippen molar-refractivity contribution >= 4 is 39.5 Å². The number of rotatable bonds is 86. The normalized spacial score (nSPS) is 14.1. The molecule has 0 aromatic heterocycles. The van der Waals surface area contributed by atoms with Crippen molar-refractivity contribution in [3.8, 4) is 0 Å². The predicted octanol–water partition coefficient (Wildman–Crippen LogP) is 27.1. The van der Waals surface area contributed by atoms with Crippen LogP contribution < -0.4 is 0 Å². The summed E-state index contributed by atoms with van der Waals surface area (Å²) in [6.07, 6.45) is 68.3. The zero-order chi connectivity index (χ0) is 79.5. The molecule has 108 heavy (non-hydrogen) atoms. The molecule has 3 unspecified atom stereocenters. The Hall–Kier alpha value is -1.94. The topological polar surface area (TPSA) is 237 Å². The van der Waals surface area contributed by atoms with E-state index in [9.17, 15) is 43.2 Å². The predicted molar refractivity (Wildman–Crippen MR) is 446 cm³/mol. The molecule has 0 fully saturated rings. The van der Waals surface area contributed by atoms with Gasteiger partial charge in [-0.15, -0.1) is 0 Å². The molecule has 19 heteroatoms. The lowest BCUT2D eigenvalue weighted by Gasteiger charge is -2.21. The fourth-order valence-electron chi connectivity index (χ4n) is 13.8. The van der Waals surface area contributed by atoms with E-state index < -0.39 is 97.5 Å². The van der Waals surface area contributed by atoms with Crippen molar-refractivity contribution in [2.75, 3.05) is 39.6 Å². The molecule has 0 bridgehead atoms. The molecule has 0 aromatic rings. The molecule has 0 amide bonds. The Labute approximate surface area is 664 Å². The van der Waals surface area contributed by atoms with E-state index in [1.165, 1.54) is 263 Å². The molecule has 0 aliphatic rings. The average molecular weight is 1580 g/mol. The first-order valence-corrected chi connectivity index (χ1v) is 48.7. The van der Waals surface area contributed by atoms with Gasteiger partial charge in [-0.2, -0.15) is 0 Å². The van der Waals surface area contributed by atoms with Crippen molar-refractivity contribution in [1.82, 2.24) is 0 Å². The Balaban J connectivity index is 5.18. The number of esters is 4. The highest BCUT2D eigenvalue weighted by Crippen LogP contribution is 2.45. The molecule has 17 nitrogen and oxygen atoms in total. The average Bonchev–Trinajstić information content (AvgIpc) is 0.901. The highest BCUT2D eigenvalue weighted by Gasteiger charge is 2.31. The van der Waals surface area contributed by atoms with Gasteiger partial charge in [0, 0.05) is 25.7 Å². The van der Waals surface area contributed by atoms with E-state index in [-0.39, 0.29) is 25.7 Å². The summed E-state index contributed by atoms with van der Waals surface area (Å²) in [5.41, 5.74) is 0. The minimum Gasteiger partial charge on any atom is -0.462 e. The van der Waals surface area contributed by atoms with Crippen molar-refractivity contribution in [3.63, 3.8) is 0 Å². The summed E-state index contributed by atoms with van der Waals surface area (Å²) in [6, 6.07) is 0. The zero-order valence-electron chi connectivity index (χ0n) is 71.5. The van der Waals surface area contributed by atoms with Crippen LogP contribution in [0.25, 0.3) is 0 Å². The molecule has 0 rings (SSSR count). The maximum Gasteiger partial charge on any atom is 0.472 e. The fourth-order valence-corrected chi connectivity index (χ4v) is 15.4. The van der Waals surface area contributed by atoms with Crippen molar-refractivity contribution < 1.29 is 80.2 Å². The maximum atomic E-state index is 13.2. The van der Waals surface area contributed by atoms with Gasteiger partial charge in [0.1, 0.15) is 19.3 Å². The summed E-state index contributed by atoms with van der Waals surface area (Å²) in [5, 5.41) is 10.7. The third kappa shape index (κ3) is 80.7.